The van der Waals surface area contributed by atoms with Crippen molar-refractivity contribution in [1.29, 1.82) is 0 Å². The third-order valence-electron chi connectivity index (χ3n) is 3.22. The maximum absolute atomic E-state index is 11.9. The van der Waals surface area contributed by atoms with Crippen LogP contribution in [0.25, 0.3) is 0 Å². The van der Waals surface area contributed by atoms with Gasteiger partial charge in [-0.05, 0) is 23.6 Å². The Morgan fingerprint density at radius 2 is 2.00 bits per heavy atom. The van der Waals surface area contributed by atoms with Gasteiger partial charge < -0.3 is 0 Å². The van der Waals surface area contributed by atoms with Gasteiger partial charge in [0.05, 0.1) is 11.1 Å². The van der Waals surface area contributed by atoms with E-state index >= 15 is 0 Å². The molecule has 0 aromatic heterocycles. The van der Waals surface area contributed by atoms with Crippen molar-refractivity contribution in [3.05, 3.63) is 75.3 Å². The maximum Gasteiger partial charge on any atom is 0.271 e. The van der Waals surface area contributed by atoms with E-state index in [4.69, 9.17) is 0 Å². The lowest BCUT2D eigenvalue weighted by molar-refractivity contribution is -0.384. The molecule has 0 aliphatic rings. The summed E-state index contributed by atoms with van der Waals surface area (Å²) in [5.74, 6) is -0.493. The van der Waals surface area contributed by atoms with Gasteiger partial charge >= 0.3 is 0 Å². The summed E-state index contributed by atoms with van der Waals surface area (Å²) in [4.78, 5) is 22.1. The van der Waals surface area contributed by atoms with E-state index in [9.17, 15) is 14.9 Å². The van der Waals surface area contributed by atoms with Crippen molar-refractivity contribution in [2.45, 2.75) is 19.8 Å². The zero-order chi connectivity index (χ0) is 16.7. The molecular formula is C17H17N3O3. The quantitative estimate of drug-likeness (QED) is 0.504. The van der Waals surface area contributed by atoms with Crippen molar-refractivity contribution < 1.29 is 9.72 Å². The number of benzene rings is 2. The number of non-ortho nitro benzene ring substituents is 1. The predicted octanol–water partition coefficient (Wildman–Crippen LogP) is 3.31. The average molecular weight is 311 g/mol. The summed E-state index contributed by atoms with van der Waals surface area (Å²) in [6.45, 7) is 2.12. The third kappa shape index (κ3) is 4.74. The highest BCUT2D eigenvalue weighted by molar-refractivity contribution is 5.95. The SMILES string of the molecule is CCCc1ccc(C=NNC(=O)c2cccc([N+](=O)[O-])c2)cc1. The minimum Gasteiger partial charge on any atom is -0.267 e. The minimum atomic E-state index is -0.544. The van der Waals surface area contributed by atoms with E-state index in [0.29, 0.717) is 0 Å². The average Bonchev–Trinajstić information content (AvgIpc) is 2.56. The zero-order valence-electron chi connectivity index (χ0n) is 12.7. The molecular weight excluding hydrogens is 294 g/mol. The van der Waals surface area contributed by atoms with E-state index in [1.165, 1.54) is 36.0 Å². The monoisotopic (exact) mass is 311 g/mol. The molecule has 0 fully saturated rings. The molecule has 2 rings (SSSR count). The molecule has 0 aliphatic heterocycles. The van der Waals surface area contributed by atoms with Gasteiger partial charge in [-0.25, -0.2) is 5.43 Å². The Hall–Kier alpha value is -3.02. The van der Waals surface area contributed by atoms with Gasteiger partial charge in [-0.3, -0.25) is 14.9 Å². The molecule has 0 atom stereocenters. The van der Waals surface area contributed by atoms with Crippen LogP contribution in [0.5, 0.6) is 0 Å². The summed E-state index contributed by atoms with van der Waals surface area (Å²) in [6.07, 6.45) is 3.65. The number of nitrogens with one attached hydrogen (secondary N) is 1. The van der Waals surface area contributed by atoms with E-state index in [-0.39, 0.29) is 11.3 Å². The number of aryl methyl sites for hydroxylation is 1. The molecule has 0 unspecified atom stereocenters. The first-order chi connectivity index (χ1) is 11.1. The second kappa shape index (κ2) is 7.84. The topological polar surface area (TPSA) is 84.6 Å². The first-order valence-corrected chi connectivity index (χ1v) is 7.27. The summed E-state index contributed by atoms with van der Waals surface area (Å²) in [6, 6.07) is 13.4. The van der Waals surface area contributed by atoms with E-state index in [1.54, 1.807) is 0 Å². The molecule has 0 aliphatic carbocycles. The lowest BCUT2D eigenvalue weighted by Crippen LogP contribution is -2.17. The largest absolute Gasteiger partial charge is 0.271 e. The molecule has 1 amide bonds. The second-order valence-corrected chi connectivity index (χ2v) is 5.00. The molecule has 2 aromatic rings. The number of rotatable bonds is 6. The molecule has 118 valence electrons. The van der Waals surface area contributed by atoms with Crippen LogP contribution in [0.2, 0.25) is 0 Å². The van der Waals surface area contributed by atoms with Gasteiger partial charge in [-0.1, -0.05) is 43.7 Å². The van der Waals surface area contributed by atoms with E-state index in [2.05, 4.69) is 17.5 Å². The Morgan fingerprint density at radius 1 is 1.26 bits per heavy atom. The molecule has 6 nitrogen and oxygen atoms in total. The highest BCUT2D eigenvalue weighted by Crippen LogP contribution is 2.12. The Kier molecular flexibility index (Phi) is 5.57. The van der Waals surface area contributed by atoms with Crippen LogP contribution in [0.1, 0.15) is 34.8 Å². The van der Waals surface area contributed by atoms with Crippen LogP contribution < -0.4 is 5.43 Å². The summed E-state index contributed by atoms with van der Waals surface area (Å²) in [5.41, 5.74) is 4.54. The Balaban J connectivity index is 1.98. The van der Waals surface area contributed by atoms with Gasteiger partial charge in [0.25, 0.3) is 11.6 Å². The fraction of sp³-hybridized carbons (Fsp3) is 0.176. The van der Waals surface area contributed by atoms with Crippen molar-refractivity contribution in [3.63, 3.8) is 0 Å². The maximum atomic E-state index is 11.9. The minimum absolute atomic E-state index is 0.131. The number of hydrazone groups is 1. The van der Waals surface area contributed by atoms with Gasteiger partial charge in [0.2, 0.25) is 0 Å². The number of nitro benzene ring substituents is 1. The summed E-state index contributed by atoms with van der Waals surface area (Å²) >= 11 is 0. The van der Waals surface area contributed by atoms with Crippen molar-refractivity contribution in [1.82, 2.24) is 5.43 Å². The highest BCUT2D eigenvalue weighted by atomic mass is 16.6. The molecule has 0 bridgehead atoms. The number of amides is 1. The number of hydrogen-bond acceptors (Lipinski definition) is 4. The predicted molar refractivity (Wildman–Crippen MR) is 88.6 cm³/mol. The van der Waals surface area contributed by atoms with Crippen LogP contribution in [-0.2, 0) is 6.42 Å². The van der Waals surface area contributed by atoms with Gasteiger partial charge in [0, 0.05) is 17.7 Å². The Bertz CT molecular complexity index is 724. The van der Waals surface area contributed by atoms with E-state index < -0.39 is 10.8 Å². The number of carbonyl (C=O) groups is 1. The smallest absolute Gasteiger partial charge is 0.267 e. The van der Waals surface area contributed by atoms with Crippen LogP contribution in [0.15, 0.2) is 53.6 Å². The lowest BCUT2D eigenvalue weighted by Gasteiger charge is -2.01. The van der Waals surface area contributed by atoms with E-state index in [1.807, 2.05) is 24.3 Å². The number of carbonyl (C=O) groups excluding carboxylic acids is 1. The van der Waals surface area contributed by atoms with Gasteiger partial charge in [0.15, 0.2) is 0 Å². The van der Waals surface area contributed by atoms with Crippen molar-refractivity contribution >= 4 is 17.8 Å². The third-order valence-corrected chi connectivity index (χ3v) is 3.22. The molecule has 1 N–H and O–H groups in total. The Labute approximate surface area is 134 Å². The fourth-order valence-corrected chi connectivity index (χ4v) is 2.05. The molecule has 2 aromatic carbocycles. The van der Waals surface area contributed by atoms with Gasteiger partial charge in [-0.2, -0.15) is 5.10 Å². The number of nitro groups is 1. The number of nitrogens with zero attached hydrogens (tertiary/aromatic N) is 2. The van der Waals surface area contributed by atoms with Crippen LogP contribution in [0, 0.1) is 10.1 Å². The van der Waals surface area contributed by atoms with Crippen molar-refractivity contribution in [2.75, 3.05) is 0 Å². The van der Waals surface area contributed by atoms with Crippen molar-refractivity contribution in [3.8, 4) is 0 Å². The molecule has 0 spiro atoms. The van der Waals surface area contributed by atoms with Crippen molar-refractivity contribution in [2.24, 2.45) is 5.10 Å². The number of hydrogen-bond donors (Lipinski definition) is 1. The molecule has 0 saturated heterocycles. The van der Waals surface area contributed by atoms with Crippen LogP contribution in [-0.4, -0.2) is 17.0 Å². The molecule has 0 radical (unpaired) electrons. The zero-order valence-corrected chi connectivity index (χ0v) is 12.7. The lowest BCUT2D eigenvalue weighted by atomic mass is 10.1. The summed E-state index contributed by atoms with van der Waals surface area (Å²) < 4.78 is 0. The molecule has 6 heteroatoms. The van der Waals surface area contributed by atoms with Crippen LogP contribution >= 0.6 is 0 Å². The van der Waals surface area contributed by atoms with E-state index in [0.717, 1.165) is 18.4 Å². The first kappa shape index (κ1) is 16.4. The van der Waals surface area contributed by atoms with Gasteiger partial charge in [0.1, 0.15) is 0 Å². The van der Waals surface area contributed by atoms with Gasteiger partial charge in [-0.15, -0.1) is 0 Å². The summed E-state index contributed by atoms with van der Waals surface area (Å²) in [5, 5.41) is 14.6. The first-order valence-electron chi connectivity index (χ1n) is 7.27. The molecule has 0 heterocycles. The fourth-order valence-electron chi connectivity index (χ4n) is 2.05. The highest BCUT2D eigenvalue weighted by Gasteiger charge is 2.10. The molecule has 23 heavy (non-hydrogen) atoms. The van der Waals surface area contributed by atoms with Crippen LogP contribution in [0.4, 0.5) is 5.69 Å². The molecule has 0 saturated carbocycles. The Morgan fingerprint density at radius 3 is 2.65 bits per heavy atom. The van der Waals surface area contributed by atoms with Crippen LogP contribution in [0.3, 0.4) is 0 Å². The normalized spacial score (nSPS) is 10.7. The standard InChI is InChI=1S/C17H17N3O3/c1-2-4-13-7-9-14(10-8-13)12-18-19-17(21)15-5-3-6-16(11-15)20(22)23/h3,5-12H,2,4H2,1H3,(H,19,21). The second-order valence-electron chi connectivity index (χ2n) is 5.00. The summed E-state index contributed by atoms with van der Waals surface area (Å²) in [7, 11) is 0.